The Labute approximate surface area is 118 Å². The topological polar surface area (TPSA) is 64.3 Å². The summed E-state index contributed by atoms with van der Waals surface area (Å²) < 4.78 is 4.71. The number of carbonyl (C=O) groups is 1. The molecule has 0 amide bonds. The molecule has 0 spiro atoms. The number of rotatable bonds is 3. The second kappa shape index (κ2) is 5.65. The van der Waals surface area contributed by atoms with Gasteiger partial charge in [0, 0.05) is 17.1 Å². The zero-order valence-electron chi connectivity index (χ0n) is 11.9. The van der Waals surface area contributed by atoms with Crippen LogP contribution < -0.4 is 11.1 Å². The molecule has 0 radical (unpaired) electrons. The third-order valence-electron chi connectivity index (χ3n) is 2.97. The molecule has 0 bridgehead atoms. The Morgan fingerprint density at radius 1 is 1.05 bits per heavy atom. The minimum atomic E-state index is -0.438. The maximum Gasteiger partial charge on any atom is 0.340 e. The SMILES string of the molecule is COC(=O)c1cc(Nc2cc(C)cc(C)c2)ccc1N. The molecular formula is C16H18N2O2. The third-order valence-corrected chi connectivity index (χ3v) is 2.97. The molecular weight excluding hydrogens is 252 g/mol. The predicted octanol–water partition coefficient (Wildman–Crippen LogP) is 3.42. The van der Waals surface area contributed by atoms with Crippen LogP contribution in [0.4, 0.5) is 17.1 Å². The van der Waals surface area contributed by atoms with Gasteiger partial charge in [0.1, 0.15) is 0 Å². The van der Waals surface area contributed by atoms with E-state index in [4.69, 9.17) is 10.5 Å². The summed E-state index contributed by atoms with van der Waals surface area (Å²) >= 11 is 0. The van der Waals surface area contributed by atoms with E-state index in [1.54, 1.807) is 12.1 Å². The van der Waals surface area contributed by atoms with Crippen LogP contribution in [0.15, 0.2) is 36.4 Å². The van der Waals surface area contributed by atoms with E-state index in [0.29, 0.717) is 11.3 Å². The van der Waals surface area contributed by atoms with Crippen LogP contribution in [0.5, 0.6) is 0 Å². The number of nitrogens with one attached hydrogen (secondary N) is 1. The number of hydrogen-bond donors (Lipinski definition) is 2. The van der Waals surface area contributed by atoms with E-state index in [2.05, 4.69) is 11.4 Å². The fourth-order valence-corrected chi connectivity index (χ4v) is 2.13. The highest BCUT2D eigenvalue weighted by Crippen LogP contribution is 2.23. The first-order valence-corrected chi connectivity index (χ1v) is 6.33. The summed E-state index contributed by atoms with van der Waals surface area (Å²) in [4.78, 5) is 11.6. The number of ether oxygens (including phenoxy) is 1. The van der Waals surface area contributed by atoms with Crippen molar-refractivity contribution >= 4 is 23.0 Å². The van der Waals surface area contributed by atoms with Crippen molar-refractivity contribution in [3.05, 3.63) is 53.1 Å². The fourth-order valence-electron chi connectivity index (χ4n) is 2.13. The molecule has 0 heterocycles. The molecule has 0 aliphatic carbocycles. The number of methoxy groups -OCH3 is 1. The van der Waals surface area contributed by atoms with Crippen LogP contribution >= 0.6 is 0 Å². The van der Waals surface area contributed by atoms with Crippen LogP contribution in [0.2, 0.25) is 0 Å². The average molecular weight is 270 g/mol. The summed E-state index contributed by atoms with van der Waals surface area (Å²) in [5.41, 5.74) is 10.7. The molecule has 0 unspecified atom stereocenters. The van der Waals surface area contributed by atoms with Crippen molar-refractivity contribution in [2.24, 2.45) is 0 Å². The van der Waals surface area contributed by atoms with E-state index in [-0.39, 0.29) is 0 Å². The van der Waals surface area contributed by atoms with E-state index in [0.717, 1.165) is 11.4 Å². The first-order chi connectivity index (χ1) is 9.49. The molecule has 0 saturated heterocycles. The molecule has 0 atom stereocenters. The summed E-state index contributed by atoms with van der Waals surface area (Å²) in [7, 11) is 1.34. The predicted molar refractivity (Wildman–Crippen MR) is 81.4 cm³/mol. The highest BCUT2D eigenvalue weighted by atomic mass is 16.5. The maximum absolute atomic E-state index is 11.6. The minimum Gasteiger partial charge on any atom is -0.465 e. The molecule has 20 heavy (non-hydrogen) atoms. The molecule has 0 aliphatic rings. The summed E-state index contributed by atoms with van der Waals surface area (Å²) in [6.45, 7) is 4.09. The Kier molecular flexibility index (Phi) is 3.94. The van der Waals surface area contributed by atoms with Crippen molar-refractivity contribution in [1.29, 1.82) is 0 Å². The standard InChI is InChI=1S/C16H18N2O2/c1-10-6-11(2)8-13(7-10)18-12-4-5-15(17)14(9-12)16(19)20-3/h4-9,18H,17H2,1-3H3. The number of anilines is 3. The molecule has 2 aromatic rings. The second-order valence-electron chi connectivity index (χ2n) is 4.79. The number of benzene rings is 2. The van der Waals surface area contributed by atoms with Crippen molar-refractivity contribution in [3.63, 3.8) is 0 Å². The van der Waals surface area contributed by atoms with Gasteiger partial charge in [-0.3, -0.25) is 0 Å². The van der Waals surface area contributed by atoms with Crippen molar-refractivity contribution in [1.82, 2.24) is 0 Å². The Morgan fingerprint density at radius 3 is 2.30 bits per heavy atom. The molecule has 0 aromatic heterocycles. The Morgan fingerprint density at radius 2 is 1.70 bits per heavy atom. The van der Waals surface area contributed by atoms with Gasteiger partial charge in [-0.2, -0.15) is 0 Å². The zero-order valence-corrected chi connectivity index (χ0v) is 11.9. The largest absolute Gasteiger partial charge is 0.465 e. The number of esters is 1. The summed E-state index contributed by atoms with van der Waals surface area (Å²) in [6, 6.07) is 11.4. The van der Waals surface area contributed by atoms with Gasteiger partial charge in [0.25, 0.3) is 0 Å². The lowest BCUT2D eigenvalue weighted by molar-refractivity contribution is 0.0602. The highest BCUT2D eigenvalue weighted by molar-refractivity contribution is 5.96. The number of nitrogens with two attached hydrogens (primary N) is 1. The van der Waals surface area contributed by atoms with Gasteiger partial charge in [-0.05, 0) is 55.3 Å². The van der Waals surface area contributed by atoms with Gasteiger partial charge < -0.3 is 15.8 Å². The van der Waals surface area contributed by atoms with Gasteiger partial charge in [0.2, 0.25) is 0 Å². The summed E-state index contributed by atoms with van der Waals surface area (Å²) in [5, 5.41) is 3.27. The van der Waals surface area contributed by atoms with E-state index in [1.165, 1.54) is 18.2 Å². The molecule has 0 fully saturated rings. The molecule has 2 rings (SSSR count). The van der Waals surface area contributed by atoms with E-state index < -0.39 is 5.97 Å². The summed E-state index contributed by atoms with van der Waals surface area (Å²) in [6.07, 6.45) is 0. The Bertz CT molecular complexity index is 631. The third kappa shape index (κ3) is 3.09. The maximum atomic E-state index is 11.6. The second-order valence-corrected chi connectivity index (χ2v) is 4.79. The van der Waals surface area contributed by atoms with E-state index >= 15 is 0 Å². The Balaban J connectivity index is 2.32. The monoisotopic (exact) mass is 270 g/mol. The van der Waals surface area contributed by atoms with Crippen molar-refractivity contribution in [2.75, 3.05) is 18.2 Å². The van der Waals surface area contributed by atoms with Crippen LogP contribution in [0.3, 0.4) is 0 Å². The van der Waals surface area contributed by atoms with Crippen molar-refractivity contribution in [3.8, 4) is 0 Å². The van der Waals surface area contributed by atoms with Gasteiger partial charge in [-0.1, -0.05) is 6.07 Å². The smallest absolute Gasteiger partial charge is 0.340 e. The first kappa shape index (κ1) is 13.9. The normalized spacial score (nSPS) is 10.2. The van der Waals surface area contributed by atoms with Crippen molar-refractivity contribution < 1.29 is 9.53 Å². The highest BCUT2D eigenvalue weighted by Gasteiger charge is 2.10. The molecule has 0 saturated carbocycles. The van der Waals surface area contributed by atoms with Crippen LogP contribution in [-0.4, -0.2) is 13.1 Å². The lowest BCUT2D eigenvalue weighted by Gasteiger charge is -2.11. The van der Waals surface area contributed by atoms with Crippen LogP contribution in [0.25, 0.3) is 0 Å². The number of nitrogen functional groups attached to an aromatic ring is 1. The van der Waals surface area contributed by atoms with Gasteiger partial charge in [-0.25, -0.2) is 4.79 Å². The molecule has 104 valence electrons. The van der Waals surface area contributed by atoms with E-state index in [1.807, 2.05) is 32.0 Å². The summed E-state index contributed by atoms with van der Waals surface area (Å²) in [5.74, 6) is -0.438. The average Bonchev–Trinajstić information content (AvgIpc) is 2.39. The van der Waals surface area contributed by atoms with Gasteiger partial charge >= 0.3 is 5.97 Å². The van der Waals surface area contributed by atoms with Crippen molar-refractivity contribution in [2.45, 2.75) is 13.8 Å². The minimum absolute atomic E-state index is 0.363. The fraction of sp³-hybridized carbons (Fsp3) is 0.188. The van der Waals surface area contributed by atoms with E-state index in [9.17, 15) is 4.79 Å². The number of hydrogen-bond acceptors (Lipinski definition) is 4. The lowest BCUT2D eigenvalue weighted by atomic mass is 10.1. The number of aryl methyl sites for hydroxylation is 2. The molecule has 4 heteroatoms. The molecule has 3 N–H and O–H groups in total. The molecule has 4 nitrogen and oxygen atoms in total. The molecule has 2 aromatic carbocycles. The zero-order chi connectivity index (χ0) is 14.7. The van der Waals surface area contributed by atoms with Crippen LogP contribution in [0.1, 0.15) is 21.5 Å². The van der Waals surface area contributed by atoms with Crippen LogP contribution in [-0.2, 0) is 4.74 Å². The van der Waals surface area contributed by atoms with Gasteiger partial charge in [-0.15, -0.1) is 0 Å². The van der Waals surface area contributed by atoms with Gasteiger partial charge in [0.15, 0.2) is 0 Å². The number of carbonyl (C=O) groups excluding carboxylic acids is 1. The van der Waals surface area contributed by atoms with Gasteiger partial charge in [0.05, 0.1) is 12.7 Å². The van der Waals surface area contributed by atoms with Crippen LogP contribution in [0, 0.1) is 13.8 Å². The quantitative estimate of drug-likeness (QED) is 0.662. The Hall–Kier alpha value is -2.49. The first-order valence-electron chi connectivity index (χ1n) is 6.33. The molecule has 0 aliphatic heterocycles. The lowest BCUT2D eigenvalue weighted by Crippen LogP contribution is -2.06.